The highest BCUT2D eigenvalue weighted by atomic mass is 35.5. The molecule has 1 aliphatic rings. The summed E-state index contributed by atoms with van der Waals surface area (Å²) in [6.07, 6.45) is 2.15. The lowest BCUT2D eigenvalue weighted by Crippen LogP contribution is -2.31. The van der Waals surface area contributed by atoms with Crippen LogP contribution in [0.2, 0.25) is 10.0 Å². The third-order valence-corrected chi connectivity index (χ3v) is 6.48. The van der Waals surface area contributed by atoms with Gasteiger partial charge in [-0.05, 0) is 65.4 Å². The number of amides is 1. The minimum Gasteiger partial charge on any atom is -0.493 e. The lowest BCUT2D eigenvalue weighted by Gasteiger charge is -2.27. The van der Waals surface area contributed by atoms with Crippen molar-refractivity contribution in [2.75, 3.05) is 6.61 Å². The standard InChI is InChI=1S/C28H27Cl2N2O2/c1-5-34-24-15-10-20(28(2,3)4)16-23(24)27-31-25(18-6-11-21(29)12-7-18)26(32(27)17-33)19-8-13-22(30)14-9-19/h6-16,25-26H,5H2,1-4H3/t25-,26+/m0/s1. The van der Waals surface area contributed by atoms with Crippen LogP contribution in [0.25, 0.3) is 0 Å². The molecule has 2 atom stereocenters. The van der Waals surface area contributed by atoms with Gasteiger partial charge in [-0.1, -0.05) is 74.3 Å². The van der Waals surface area contributed by atoms with Crippen LogP contribution >= 0.6 is 23.2 Å². The predicted molar refractivity (Wildman–Crippen MR) is 139 cm³/mol. The number of aliphatic imine (C=N–C) groups is 1. The van der Waals surface area contributed by atoms with Crippen LogP contribution < -0.4 is 4.74 Å². The fourth-order valence-electron chi connectivity index (χ4n) is 4.20. The molecule has 6 heteroatoms. The van der Waals surface area contributed by atoms with Crippen molar-refractivity contribution in [3.05, 3.63) is 99.0 Å². The molecule has 1 aliphatic heterocycles. The first-order valence-corrected chi connectivity index (χ1v) is 12.0. The van der Waals surface area contributed by atoms with E-state index in [1.165, 1.54) is 0 Å². The fraction of sp³-hybridized carbons (Fsp3) is 0.286. The second-order valence-electron chi connectivity index (χ2n) is 9.30. The first-order chi connectivity index (χ1) is 16.2. The van der Waals surface area contributed by atoms with Gasteiger partial charge >= 0.3 is 6.41 Å². The van der Waals surface area contributed by atoms with E-state index in [9.17, 15) is 4.79 Å². The average Bonchev–Trinajstić information content (AvgIpc) is 3.19. The number of hydrogen-bond donors (Lipinski definition) is 0. The van der Waals surface area contributed by atoms with E-state index in [0.717, 1.165) is 22.3 Å². The molecule has 34 heavy (non-hydrogen) atoms. The van der Waals surface area contributed by atoms with Gasteiger partial charge in [0.2, 0.25) is 0 Å². The number of carbonyl (C=O) groups excluding carboxylic acids is 1. The maximum atomic E-state index is 12.5. The molecule has 0 aliphatic carbocycles. The Labute approximate surface area is 211 Å². The van der Waals surface area contributed by atoms with Gasteiger partial charge in [0, 0.05) is 10.0 Å². The van der Waals surface area contributed by atoms with Crippen molar-refractivity contribution in [1.29, 1.82) is 0 Å². The van der Waals surface area contributed by atoms with Gasteiger partial charge < -0.3 is 4.74 Å². The summed E-state index contributed by atoms with van der Waals surface area (Å²) in [4.78, 5) is 19.1. The van der Waals surface area contributed by atoms with Gasteiger partial charge in [0.05, 0.1) is 18.2 Å². The highest BCUT2D eigenvalue weighted by molar-refractivity contribution is 6.30. The van der Waals surface area contributed by atoms with E-state index in [4.69, 9.17) is 32.9 Å². The van der Waals surface area contributed by atoms with E-state index in [2.05, 4.69) is 39.3 Å². The fourth-order valence-corrected chi connectivity index (χ4v) is 4.45. The number of amidine groups is 1. The Morgan fingerprint density at radius 1 is 0.941 bits per heavy atom. The number of hydrogen-bond acceptors (Lipinski definition) is 3. The number of benzene rings is 3. The highest BCUT2D eigenvalue weighted by Gasteiger charge is 2.40. The first kappa shape index (κ1) is 24.3. The number of halogens is 2. The maximum Gasteiger partial charge on any atom is 0.318 e. The topological polar surface area (TPSA) is 41.9 Å². The van der Waals surface area contributed by atoms with Gasteiger partial charge in [0.15, 0.2) is 0 Å². The van der Waals surface area contributed by atoms with Crippen molar-refractivity contribution >= 4 is 35.4 Å². The lowest BCUT2D eigenvalue weighted by atomic mass is 9.86. The van der Waals surface area contributed by atoms with E-state index in [-0.39, 0.29) is 11.5 Å². The predicted octanol–water partition coefficient (Wildman–Crippen LogP) is 7.30. The molecule has 1 heterocycles. The van der Waals surface area contributed by atoms with Gasteiger partial charge in [-0.25, -0.2) is 0 Å². The van der Waals surface area contributed by atoms with Gasteiger partial charge in [0.25, 0.3) is 0 Å². The van der Waals surface area contributed by atoms with Crippen LogP contribution in [0.5, 0.6) is 5.75 Å². The van der Waals surface area contributed by atoms with E-state index in [1.807, 2.05) is 61.5 Å². The summed E-state index contributed by atoms with van der Waals surface area (Å²) < 4.78 is 5.95. The van der Waals surface area contributed by atoms with Crippen molar-refractivity contribution in [3.8, 4) is 5.75 Å². The molecule has 0 saturated carbocycles. The summed E-state index contributed by atoms with van der Waals surface area (Å²) in [5.41, 5.74) is 3.67. The van der Waals surface area contributed by atoms with Gasteiger partial charge in [-0.3, -0.25) is 14.7 Å². The molecule has 0 saturated heterocycles. The summed E-state index contributed by atoms with van der Waals surface area (Å²) in [6, 6.07) is 20.4. The van der Waals surface area contributed by atoms with Crippen molar-refractivity contribution in [2.45, 2.75) is 45.2 Å². The number of nitrogens with zero attached hydrogens (tertiary/aromatic N) is 2. The third kappa shape index (κ3) is 4.84. The van der Waals surface area contributed by atoms with Crippen LogP contribution in [0.3, 0.4) is 0 Å². The molecule has 1 amide bonds. The quantitative estimate of drug-likeness (QED) is 0.361. The normalized spacial score (nSPS) is 18.1. The molecule has 3 aromatic rings. The lowest BCUT2D eigenvalue weighted by molar-refractivity contribution is 0.338. The Morgan fingerprint density at radius 2 is 1.53 bits per heavy atom. The molecule has 0 fully saturated rings. The Hall–Kier alpha value is -2.82. The number of ether oxygens (including phenoxy) is 1. The second kappa shape index (κ2) is 9.81. The second-order valence-corrected chi connectivity index (χ2v) is 10.2. The molecule has 3 aromatic carbocycles. The first-order valence-electron chi connectivity index (χ1n) is 11.3. The van der Waals surface area contributed by atoms with E-state index < -0.39 is 6.04 Å². The van der Waals surface area contributed by atoms with E-state index in [0.29, 0.717) is 28.2 Å². The average molecular weight is 494 g/mol. The maximum absolute atomic E-state index is 12.5. The van der Waals surface area contributed by atoms with Crippen LogP contribution in [0.1, 0.15) is 62.0 Å². The molecule has 0 bridgehead atoms. The Balaban J connectivity index is 1.91. The summed E-state index contributed by atoms with van der Waals surface area (Å²) >= 11 is 12.3. The summed E-state index contributed by atoms with van der Waals surface area (Å²) in [6.45, 7) is 8.90. The Bertz CT molecular complexity index is 1200. The van der Waals surface area contributed by atoms with Crippen molar-refractivity contribution in [3.63, 3.8) is 0 Å². The molecule has 175 valence electrons. The Kier molecular flexibility index (Phi) is 7.01. The summed E-state index contributed by atoms with van der Waals surface area (Å²) in [5, 5.41) is 1.27. The smallest absolute Gasteiger partial charge is 0.318 e. The van der Waals surface area contributed by atoms with Crippen LogP contribution in [-0.2, 0) is 10.2 Å². The van der Waals surface area contributed by atoms with Gasteiger partial charge in [-0.2, -0.15) is 0 Å². The van der Waals surface area contributed by atoms with Crippen molar-refractivity contribution < 1.29 is 9.53 Å². The zero-order valence-corrected chi connectivity index (χ0v) is 21.2. The van der Waals surface area contributed by atoms with Crippen molar-refractivity contribution in [2.24, 2.45) is 4.99 Å². The van der Waals surface area contributed by atoms with E-state index in [1.54, 1.807) is 4.90 Å². The molecule has 0 spiro atoms. The molecular formula is C28H27Cl2N2O2. The summed E-state index contributed by atoms with van der Waals surface area (Å²) in [5.74, 6) is 1.21. The minimum absolute atomic E-state index is 0.0838. The molecule has 0 unspecified atom stereocenters. The monoisotopic (exact) mass is 493 g/mol. The zero-order valence-electron chi connectivity index (χ0n) is 19.7. The Morgan fingerprint density at radius 3 is 2.06 bits per heavy atom. The largest absolute Gasteiger partial charge is 0.493 e. The minimum atomic E-state index is -0.390. The van der Waals surface area contributed by atoms with Crippen molar-refractivity contribution in [1.82, 2.24) is 4.90 Å². The van der Waals surface area contributed by atoms with Gasteiger partial charge in [0.1, 0.15) is 17.6 Å². The molecule has 0 N–H and O–H groups in total. The summed E-state index contributed by atoms with van der Waals surface area (Å²) in [7, 11) is 0. The zero-order chi connectivity index (χ0) is 24.5. The molecule has 4 rings (SSSR count). The van der Waals surface area contributed by atoms with Crippen LogP contribution in [0.4, 0.5) is 0 Å². The molecule has 1 radical (unpaired) electrons. The van der Waals surface area contributed by atoms with Crippen LogP contribution in [-0.4, -0.2) is 23.8 Å². The van der Waals surface area contributed by atoms with E-state index >= 15 is 0 Å². The van der Waals surface area contributed by atoms with Crippen LogP contribution in [0, 0.1) is 0 Å². The molecule has 4 nitrogen and oxygen atoms in total. The van der Waals surface area contributed by atoms with Gasteiger partial charge in [-0.15, -0.1) is 0 Å². The molecular weight excluding hydrogens is 467 g/mol. The molecule has 0 aromatic heterocycles. The third-order valence-electron chi connectivity index (χ3n) is 5.97. The SMILES string of the molecule is CCOc1ccc(C(C)(C)C)cc1C1=N[C@@H](c2ccc(Cl)cc2)[C@@H](c2ccc(Cl)cc2)N1[C]=O. The number of rotatable bonds is 6. The van der Waals surface area contributed by atoms with Crippen LogP contribution in [0.15, 0.2) is 71.7 Å². The highest BCUT2D eigenvalue weighted by Crippen LogP contribution is 2.44.